The molecule has 0 spiro atoms. The molecule has 1 aromatic rings. The lowest BCUT2D eigenvalue weighted by Crippen LogP contribution is -2.09. The molecular weight excluding hydrogens is 290 g/mol. The van der Waals surface area contributed by atoms with Crippen molar-refractivity contribution in [1.82, 2.24) is 10.2 Å². The van der Waals surface area contributed by atoms with Gasteiger partial charge in [-0.1, -0.05) is 23.7 Å². The van der Waals surface area contributed by atoms with E-state index in [4.69, 9.17) is 19.9 Å². The third-order valence-electron chi connectivity index (χ3n) is 3.44. The zero-order chi connectivity index (χ0) is 15.4. The Morgan fingerprint density at radius 3 is 2.57 bits per heavy atom. The van der Waals surface area contributed by atoms with Crippen LogP contribution in [0.5, 0.6) is 5.19 Å². The number of nitrogens with zero attached hydrogens (tertiary/aromatic N) is 2. The van der Waals surface area contributed by atoms with Crippen molar-refractivity contribution in [2.45, 2.75) is 13.8 Å². The zero-order valence-electron chi connectivity index (χ0n) is 12.5. The Morgan fingerprint density at radius 2 is 2.00 bits per heavy atom. The average molecular weight is 309 g/mol. The first-order valence-electron chi connectivity index (χ1n) is 6.48. The third kappa shape index (κ3) is 3.36. The van der Waals surface area contributed by atoms with E-state index in [1.165, 1.54) is 11.3 Å². The van der Waals surface area contributed by atoms with Crippen molar-refractivity contribution in [1.29, 1.82) is 0 Å². The molecule has 7 heteroatoms. The topological polar surface area (TPSA) is 79.5 Å². The first kappa shape index (κ1) is 15.4. The van der Waals surface area contributed by atoms with E-state index in [1.54, 1.807) is 14.2 Å². The first-order valence-corrected chi connectivity index (χ1v) is 7.30. The Balaban J connectivity index is 2.18. The second kappa shape index (κ2) is 6.62. The minimum atomic E-state index is 0.109. The maximum atomic E-state index is 5.63. The highest BCUT2D eigenvalue weighted by atomic mass is 32.1. The Morgan fingerprint density at radius 1 is 1.24 bits per heavy atom. The Kier molecular flexibility index (Phi) is 4.85. The van der Waals surface area contributed by atoms with Crippen LogP contribution in [0, 0.1) is 5.92 Å². The monoisotopic (exact) mass is 309 g/mol. The summed E-state index contributed by atoms with van der Waals surface area (Å²) in [5, 5.41) is 8.42. The van der Waals surface area contributed by atoms with Crippen LogP contribution >= 0.6 is 11.3 Å². The fourth-order valence-electron chi connectivity index (χ4n) is 2.10. The average Bonchev–Trinajstić information content (AvgIpc) is 2.85. The van der Waals surface area contributed by atoms with Gasteiger partial charge in [-0.2, -0.15) is 0 Å². The van der Waals surface area contributed by atoms with Gasteiger partial charge in [-0.3, -0.25) is 0 Å². The summed E-state index contributed by atoms with van der Waals surface area (Å²) in [5.74, 6) is 1.64. The molecule has 0 radical (unpaired) electrons. The molecule has 1 unspecified atom stereocenters. The maximum absolute atomic E-state index is 5.63. The van der Waals surface area contributed by atoms with Gasteiger partial charge in [0.25, 0.3) is 5.19 Å². The normalized spacial score (nSPS) is 18.8. The predicted octanol–water partition coefficient (Wildman–Crippen LogP) is 2.53. The van der Waals surface area contributed by atoms with E-state index in [9.17, 15) is 0 Å². The summed E-state index contributed by atoms with van der Waals surface area (Å²) in [5.41, 5.74) is 7.75. The van der Waals surface area contributed by atoms with Gasteiger partial charge in [-0.15, -0.1) is 5.10 Å². The number of aromatic nitrogens is 2. The molecule has 2 N–H and O–H groups in total. The molecule has 1 aromatic heterocycles. The SMILES string of the molecule is COC1=C(OC)C(C)C(C)=C(COc2nnc(N)s2)C=C1. The van der Waals surface area contributed by atoms with E-state index in [0.717, 1.165) is 22.7 Å². The van der Waals surface area contributed by atoms with E-state index in [2.05, 4.69) is 24.0 Å². The third-order valence-corrected chi connectivity index (χ3v) is 4.11. The van der Waals surface area contributed by atoms with Gasteiger partial charge in [0.05, 0.1) is 14.2 Å². The molecule has 0 aromatic carbocycles. The quantitative estimate of drug-likeness (QED) is 0.900. The van der Waals surface area contributed by atoms with Crippen LogP contribution in [-0.4, -0.2) is 31.0 Å². The first-order chi connectivity index (χ1) is 10.1. The van der Waals surface area contributed by atoms with Gasteiger partial charge >= 0.3 is 0 Å². The largest absolute Gasteiger partial charge is 0.497 e. The fraction of sp³-hybridized carbons (Fsp3) is 0.429. The van der Waals surface area contributed by atoms with Crippen LogP contribution in [-0.2, 0) is 9.47 Å². The highest BCUT2D eigenvalue weighted by Gasteiger charge is 2.21. The molecule has 0 saturated carbocycles. The van der Waals surface area contributed by atoms with Crippen molar-refractivity contribution in [3.63, 3.8) is 0 Å². The van der Waals surface area contributed by atoms with Gasteiger partial charge < -0.3 is 19.9 Å². The number of hydrogen-bond acceptors (Lipinski definition) is 7. The van der Waals surface area contributed by atoms with Gasteiger partial charge in [0.1, 0.15) is 12.4 Å². The van der Waals surface area contributed by atoms with Crippen molar-refractivity contribution in [3.8, 4) is 5.19 Å². The molecule has 1 aliphatic rings. The van der Waals surface area contributed by atoms with Crippen LogP contribution in [0.25, 0.3) is 0 Å². The highest BCUT2D eigenvalue weighted by Crippen LogP contribution is 2.30. The van der Waals surface area contributed by atoms with Crippen molar-refractivity contribution >= 4 is 16.5 Å². The summed E-state index contributed by atoms with van der Waals surface area (Å²) < 4.78 is 16.5. The summed E-state index contributed by atoms with van der Waals surface area (Å²) >= 11 is 1.22. The van der Waals surface area contributed by atoms with E-state index in [-0.39, 0.29) is 5.92 Å². The molecule has 1 heterocycles. The van der Waals surface area contributed by atoms with Gasteiger partial charge in [0.15, 0.2) is 5.76 Å². The molecule has 0 fully saturated rings. The number of ether oxygens (including phenoxy) is 3. The Hall–Kier alpha value is -2.02. The molecule has 2 rings (SSSR count). The van der Waals surface area contributed by atoms with Crippen LogP contribution in [0.4, 0.5) is 5.13 Å². The second-order valence-electron chi connectivity index (χ2n) is 4.59. The van der Waals surface area contributed by atoms with Crippen LogP contribution in [0.1, 0.15) is 13.8 Å². The molecule has 1 atom stereocenters. The second-order valence-corrected chi connectivity index (χ2v) is 5.57. The zero-order valence-corrected chi connectivity index (χ0v) is 13.4. The number of rotatable bonds is 5. The molecule has 0 bridgehead atoms. The summed E-state index contributed by atoms with van der Waals surface area (Å²) in [6.07, 6.45) is 3.86. The van der Waals surface area contributed by atoms with Crippen molar-refractivity contribution in [3.05, 3.63) is 34.8 Å². The highest BCUT2D eigenvalue weighted by molar-refractivity contribution is 7.16. The molecular formula is C14H19N3O3S. The number of nitrogen functional groups attached to an aromatic ring is 1. The standard InChI is InChI=1S/C14H19N3O3S/c1-8-9(2)12(19-4)11(18-3)6-5-10(8)7-20-14-17-16-13(15)21-14/h5-6,9H,7H2,1-4H3,(H2,15,16). The van der Waals surface area contributed by atoms with Gasteiger partial charge in [0, 0.05) is 5.92 Å². The van der Waals surface area contributed by atoms with E-state index >= 15 is 0 Å². The lowest BCUT2D eigenvalue weighted by molar-refractivity contribution is 0.208. The van der Waals surface area contributed by atoms with Crippen molar-refractivity contribution in [2.75, 3.05) is 26.6 Å². The Bertz CT molecular complexity index is 604. The van der Waals surface area contributed by atoms with Gasteiger partial charge in [-0.25, -0.2) is 0 Å². The van der Waals surface area contributed by atoms with Gasteiger partial charge in [0.2, 0.25) is 5.13 Å². The number of methoxy groups -OCH3 is 2. The van der Waals surface area contributed by atoms with Crippen LogP contribution in [0.15, 0.2) is 34.8 Å². The lowest BCUT2D eigenvalue weighted by Gasteiger charge is -2.18. The van der Waals surface area contributed by atoms with Crippen molar-refractivity contribution in [2.24, 2.45) is 5.92 Å². The summed E-state index contributed by atoms with van der Waals surface area (Å²) in [7, 11) is 3.28. The predicted molar refractivity (Wildman–Crippen MR) is 81.9 cm³/mol. The van der Waals surface area contributed by atoms with Crippen molar-refractivity contribution < 1.29 is 14.2 Å². The van der Waals surface area contributed by atoms with Crippen LogP contribution < -0.4 is 10.5 Å². The number of anilines is 1. The molecule has 0 aliphatic heterocycles. The van der Waals surface area contributed by atoms with E-state index in [0.29, 0.717) is 16.9 Å². The number of allylic oxidation sites excluding steroid dienone is 2. The number of nitrogens with two attached hydrogens (primary N) is 1. The molecule has 21 heavy (non-hydrogen) atoms. The minimum absolute atomic E-state index is 0.109. The maximum Gasteiger partial charge on any atom is 0.296 e. The molecule has 1 aliphatic carbocycles. The molecule has 0 amide bonds. The summed E-state index contributed by atoms with van der Waals surface area (Å²) in [6.45, 7) is 4.53. The summed E-state index contributed by atoms with van der Waals surface area (Å²) in [6, 6.07) is 0. The fourth-order valence-corrected chi connectivity index (χ4v) is 2.56. The smallest absolute Gasteiger partial charge is 0.296 e. The van der Waals surface area contributed by atoms with E-state index < -0.39 is 0 Å². The van der Waals surface area contributed by atoms with Gasteiger partial charge in [-0.05, 0) is 29.9 Å². The van der Waals surface area contributed by atoms with Crippen LogP contribution in [0.2, 0.25) is 0 Å². The molecule has 114 valence electrons. The number of hydrogen-bond donors (Lipinski definition) is 1. The summed E-state index contributed by atoms with van der Waals surface area (Å²) in [4.78, 5) is 0. The Labute approximate surface area is 127 Å². The minimum Gasteiger partial charge on any atom is -0.497 e. The van der Waals surface area contributed by atoms with E-state index in [1.807, 2.05) is 12.2 Å². The molecule has 0 saturated heterocycles. The van der Waals surface area contributed by atoms with Crippen LogP contribution in [0.3, 0.4) is 0 Å². The molecule has 6 nitrogen and oxygen atoms in total. The lowest BCUT2D eigenvalue weighted by atomic mass is 9.96.